The van der Waals surface area contributed by atoms with Crippen LogP contribution in [0.15, 0.2) is 16.2 Å². The van der Waals surface area contributed by atoms with E-state index < -0.39 is 0 Å². The fraction of sp³-hybridized carbons (Fsp3) is 0.571. The molecule has 2 aromatic heterocycles. The third-order valence-corrected chi connectivity index (χ3v) is 4.25. The van der Waals surface area contributed by atoms with E-state index in [2.05, 4.69) is 15.3 Å². The van der Waals surface area contributed by atoms with Crippen LogP contribution in [0.4, 0.5) is 0 Å². The van der Waals surface area contributed by atoms with E-state index in [1.54, 1.807) is 0 Å². The molecular weight excluding hydrogens is 274 g/mol. The van der Waals surface area contributed by atoms with Crippen LogP contribution in [0.3, 0.4) is 0 Å². The molecule has 0 saturated heterocycles. The van der Waals surface area contributed by atoms with E-state index in [1.165, 1.54) is 24.2 Å². The van der Waals surface area contributed by atoms with Crippen molar-refractivity contribution in [1.29, 1.82) is 0 Å². The zero-order valence-corrected chi connectivity index (χ0v) is 12.2. The third-order valence-electron chi connectivity index (χ3n) is 3.35. The van der Waals surface area contributed by atoms with Gasteiger partial charge in [-0.15, -0.1) is 11.3 Å². The molecule has 2 aromatic rings. The summed E-state index contributed by atoms with van der Waals surface area (Å²) >= 11 is 1.42. The van der Waals surface area contributed by atoms with Gasteiger partial charge in [0, 0.05) is 13.2 Å². The van der Waals surface area contributed by atoms with Crippen molar-refractivity contribution in [3.63, 3.8) is 0 Å². The van der Waals surface area contributed by atoms with Crippen LogP contribution in [0, 0.1) is 5.92 Å². The van der Waals surface area contributed by atoms with E-state index >= 15 is 0 Å². The Morgan fingerprint density at radius 3 is 3.25 bits per heavy atom. The fourth-order valence-electron chi connectivity index (χ4n) is 2.05. The normalized spacial score (nSPS) is 15.0. The Kier molecular flexibility index (Phi) is 4.44. The Labute approximate surface area is 121 Å². The lowest BCUT2D eigenvalue weighted by atomic mass is 10.4. The number of aromatic amines is 1. The molecule has 1 aliphatic rings. The predicted octanol–water partition coefficient (Wildman–Crippen LogP) is 1.89. The maximum atomic E-state index is 11.8. The first-order chi connectivity index (χ1) is 9.83. The second-order valence-corrected chi connectivity index (χ2v) is 6.11. The highest BCUT2D eigenvalue weighted by atomic mass is 32.1. The van der Waals surface area contributed by atoms with Crippen molar-refractivity contribution < 1.29 is 4.74 Å². The highest BCUT2D eigenvalue weighted by Crippen LogP contribution is 2.28. The van der Waals surface area contributed by atoms with E-state index in [-0.39, 0.29) is 5.56 Å². The molecule has 0 spiro atoms. The highest BCUT2D eigenvalue weighted by molar-refractivity contribution is 7.17. The van der Waals surface area contributed by atoms with Gasteiger partial charge in [-0.05, 0) is 43.2 Å². The maximum Gasteiger partial charge on any atom is 0.268 e. The lowest BCUT2D eigenvalue weighted by molar-refractivity contribution is 0.122. The van der Waals surface area contributed by atoms with Crippen LogP contribution < -0.4 is 10.9 Å². The monoisotopic (exact) mass is 293 g/mol. The van der Waals surface area contributed by atoms with Crippen molar-refractivity contribution in [2.45, 2.75) is 25.8 Å². The molecule has 1 fully saturated rings. The van der Waals surface area contributed by atoms with Gasteiger partial charge in [0.2, 0.25) is 0 Å². The zero-order valence-electron chi connectivity index (χ0n) is 11.4. The molecule has 2 heterocycles. The highest BCUT2D eigenvalue weighted by Gasteiger charge is 2.20. The summed E-state index contributed by atoms with van der Waals surface area (Å²) in [6.45, 7) is 3.18. The number of nitrogens with zero attached hydrogens (tertiary/aromatic N) is 1. The molecule has 5 nitrogen and oxygen atoms in total. The summed E-state index contributed by atoms with van der Waals surface area (Å²) in [5.74, 6) is 1.52. The summed E-state index contributed by atoms with van der Waals surface area (Å²) < 4.78 is 6.26. The first-order valence-corrected chi connectivity index (χ1v) is 7.96. The van der Waals surface area contributed by atoms with E-state index in [4.69, 9.17) is 4.74 Å². The van der Waals surface area contributed by atoms with Crippen molar-refractivity contribution in [1.82, 2.24) is 15.3 Å². The molecule has 0 unspecified atom stereocenters. The van der Waals surface area contributed by atoms with Crippen LogP contribution in [-0.4, -0.2) is 29.7 Å². The first kappa shape index (κ1) is 13.7. The predicted molar refractivity (Wildman–Crippen MR) is 80.1 cm³/mol. The van der Waals surface area contributed by atoms with Gasteiger partial charge in [-0.3, -0.25) is 4.79 Å². The maximum absolute atomic E-state index is 11.8. The van der Waals surface area contributed by atoms with Gasteiger partial charge in [0.05, 0.1) is 12.1 Å². The molecule has 0 bridgehead atoms. The van der Waals surface area contributed by atoms with Crippen LogP contribution in [0.1, 0.15) is 25.1 Å². The average Bonchev–Trinajstić information content (AvgIpc) is 3.13. The number of H-pyrrole nitrogens is 1. The molecule has 1 saturated carbocycles. The summed E-state index contributed by atoms with van der Waals surface area (Å²) in [6, 6.07) is 1.88. The minimum Gasteiger partial charge on any atom is -0.381 e. The molecule has 0 atom stereocenters. The Balaban J connectivity index is 1.39. The number of rotatable bonds is 8. The van der Waals surface area contributed by atoms with Gasteiger partial charge in [0.15, 0.2) is 0 Å². The molecule has 0 radical (unpaired) electrons. The molecule has 0 amide bonds. The summed E-state index contributed by atoms with van der Waals surface area (Å²) in [5, 5.41) is 5.17. The Bertz CT molecular complexity index is 618. The molecule has 0 aromatic carbocycles. The molecule has 20 heavy (non-hydrogen) atoms. The summed E-state index contributed by atoms with van der Waals surface area (Å²) in [5.41, 5.74) is 0.734. The van der Waals surface area contributed by atoms with Crippen LogP contribution in [0.2, 0.25) is 0 Å². The Hall–Kier alpha value is -1.24. The summed E-state index contributed by atoms with van der Waals surface area (Å²) in [7, 11) is 0. The van der Waals surface area contributed by atoms with E-state index in [9.17, 15) is 4.79 Å². The van der Waals surface area contributed by atoms with Crippen molar-refractivity contribution >= 4 is 21.6 Å². The molecule has 108 valence electrons. The molecule has 6 heteroatoms. The smallest absolute Gasteiger partial charge is 0.268 e. The second-order valence-electron chi connectivity index (χ2n) is 5.20. The lowest BCUT2D eigenvalue weighted by Gasteiger charge is -2.05. The minimum atomic E-state index is -0.0467. The van der Waals surface area contributed by atoms with Gasteiger partial charge in [-0.2, -0.15) is 0 Å². The SMILES string of the molecule is O=c1[nH]c(CNCCCOCC2CC2)nc2ccsc12. The van der Waals surface area contributed by atoms with E-state index in [1.807, 2.05) is 11.4 Å². The summed E-state index contributed by atoms with van der Waals surface area (Å²) in [4.78, 5) is 19.0. The van der Waals surface area contributed by atoms with Gasteiger partial charge in [0.25, 0.3) is 5.56 Å². The first-order valence-electron chi connectivity index (χ1n) is 7.08. The van der Waals surface area contributed by atoms with Crippen molar-refractivity contribution in [3.8, 4) is 0 Å². The van der Waals surface area contributed by atoms with Crippen LogP contribution in [-0.2, 0) is 11.3 Å². The molecule has 2 N–H and O–H groups in total. The van der Waals surface area contributed by atoms with Crippen LogP contribution in [0.25, 0.3) is 10.2 Å². The van der Waals surface area contributed by atoms with E-state index in [0.717, 1.165) is 37.6 Å². The second kappa shape index (κ2) is 6.47. The number of aromatic nitrogens is 2. The summed E-state index contributed by atoms with van der Waals surface area (Å²) in [6.07, 6.45) is 3.66. The van der Waals surface area contributed by atoms with Crippen molar-refractivity contribution in [3.05, 3.63) is 27.6 Å². The topological polar surface area (TPSA) is 67.0 Å². The number of hydrogen-bond donors (Lipinski definition) is 2. The molecule has 1 aliphatic carbocycles. The number of hydrogen-bond acceptors (Lipinski definition) is 5. The standard InChI is InChI=1S/C14H19N3O2S/c18-14-13-11(4-7-20-13)16-12(17-14)8-15-5-1-6-19-9-10-2-3-10/h4,7,10,15H,1-3,5-6,8-9H2,(H,16,17,18). The number of thiophene rings is 1. The molecule has 3 rings (SSSR count). The van der Waals surface area contributed by atoms with Crippen molar-refractivity contribution in [2.75, 3.05) is 19.8 Å². The van der Waals surface area contributed by atoms with Gasteiger partial charge in [0.1, 0.15) is 10.5 Å². The Morgan fingerprint density at radius 1 is 1.50 bits per heavy atom. The third kappa shape index (κ3) is 3.65. The fourth-order valence-corrected chi connectivity index (χ4v) is 2.77. The van der Waals surface area contributed by atoms with E-state index in [0.29, 0.717) is 17.1 Å². The van der Waals surface area contributed by atoms with Gasteiger partial charge in [-0.25, -0.2) is 4.98 Å². The number of ether oxygens (including phenoxy) is 1. The lowest BCUT2D eigenvalue weighted by Crippen LogP contribution is -2.20. The molecular formula is C14H19N3O2S. The van der Waals surface area contributed by atoms with Crippen LogP contribution in [0.5, 0.6) is 0 Å². The van der Waals surface area contributed by atoms with Gasteiger partial charge in [-0.1, -0.05) is 0 Å². The number of nitrogens with one attached hydrogen (secondary N) is 2. The number of fused-ring (bicyclic) bond motifs is 1. The molecule has 0 aliphatic heterocycles. The van der Waals surface area contributed by atoms with Gasteiger partial charge < -0.3 is 15.0 Å². The van der Waals surface area contributed by atoms with Crippen molar-refractivity contribution in [2.24, 2.45) is 5.92 Å². The largest absolute Gasteiger partial charge is 0.381 e. The zero-order chi connectivity index (χ0) is 13.8. The average molecular weight is 293 g/mol. The quantitative estimate of drug-likeness (QED) is 0.729. The minimum absolute atomic E-state index is 0.0467. The van der Waals surface area contributed by atoms with Crippen LogP contribution >= 0.6 is 11.3 Å². The Morgan fingerprint density at radius 2 is 2.40 bits per heavy atom. The van der Waals surface area contributed by atoms with Gasteiger partial charge >= 0.3 is 0 Å².